The number of hydrogen-bond donors (Lipinski definition) is 1. The number of aromatic nitrogens is 2. The van der Waals surface area contributed by atoms with Crippen LogP contribution in [0, 0.1) is 6.92 Å². The number of nitrogens with two attached hydrogens (primary N) is 1. The van der Waals surface area contributed by atoms with Crippen molar-refractivity contribution < 1.29 is 0 Å². The molecule has 0 unspecified atom stereocenters. The number of rotatable bonds is 1. The maximum Gasteiger partial charge on any atom is 0.205 e. The molecule has 0 bridgehead atoms. The van der Waals surface area contributed by atoms with E-state index in [0.29, 0.717) is 11.0 Å². The summed E-state index contributed by atoms with van der Waals surface area (Å²) in [6.45, 7) is 2.05. The number of halogens is 1. The topological polar surface area (TPSA) is 43.8 Å². The number of imidazole rings is 1. The highest BCUT2D eigenvalue weighted by Crippen LogP contribution is 2.25. The summed E-state index contributed by atoms with van der Waals surface area (Å²) in [5.41, 5.74) is 9.94. The fourth-order valence-corrected chi connectivity index (χ4v) is 2.20. The van der Waals surface area contributed by atoms with E-state index in [9.17, 15) is 0 Å². The Balaban J connectivity index is 2.30. The van der Waals surface area contributed by atoms with E-state index in [0.717, 1.165) is 16.7 Å². The number of nitrogen functional groups attached to an aromatic ring is 1. The minimum absolute atomic E-state index is 0.469. The van der Waals surface area contributed by atoms with Gasteiger partial charge in [-0.15, -0.1) is 0 Å². The Bertz CT molecular complexity index is 714. The van der Waals surface area contributed by atoms with Crippen molar-refractivity contribution in [2.45, 2.75) is 6.92 Å². The molecule has 0 aliphatic heterocycles. The van der Waals surface area contributed by atoms with Crippen LogP contribution < -0.4 is 5.73 Å². The molecular formula is C14H12ClN3. The van der Waals surface area contributed by atoms with Gasteiger partial charge in [0.05, 0.1) is 11.0 Å². The molecule has 0 aliphatic rings. The van der Waals surface area contributed by atoms with Crippen LogP contribution in [0.25, 0.3) is 16.7 Å². The third kappa shape index (κ3) is 1.73. The molecule has 4 heteroatoms. The molecule has 3 aromatic rings. The number of benzene rings is 2. The molecule has 0 amide bonds. The van der Waals surface area contributed by atoms with E-state index in [1.807, 2.05) is 47.0 Å². The van der Waals surface area contributed by atoms with Gasteiger partial charge in [0.25, 0.3) is 0 Å². The fourth-order valence-electron chi connectivity index (χ4n) is 2.03. The van der Waals surface area contributed by atoms with E-state index >= 15 is 0 Å². The van der Waals surface area contributed by atoms with Crippen molar-refractivity contribution in [2.75, 3.05) is 5.73 Å². The molecule has 0 atom stereocenters. The van der Waals surface area contributed by atoms with Gasteiger partial charge in [-0.05, 0) is 37.3 Å². The van der Waals surface area contributed by atoms with Crippen LogP contribution in [0.4, 0.5) is 5.95 Å². The first-order chi connectivity index (χ1) is 8.65. The van der Waals surface area contributed by atoms with Crippen LogP contribution >= 0.6 is 11.6 Å². The Morgan fingerprint density at radius 1 is 1.11 bits per heavy atom. The molecular weight excluding hydrogens is 246 g/mol. The van der Waals surface area contributed by atoms with Gasteiger partial charge in [-0.1, -0.05) is 29.3 Å². The molecule has 0 radical (unpaired) electrons. The lowest BCUT2D eigenvalue weighted by molar-refractivity contribution is 1.11. The van der Waals surface area contributed by atoms with Crippen LogP contribution in [0.3, 0.4) is 0 Å². The number of nitrogens with zero attached hydrogens (tertiary/aromatic N) is 2. The molecule has 1 aromatic heterocycles. The highest BCUT2D eigenvalue weighted by molar-refractivity contribution is 6.31. The van der Waals surface area contributed by atoms with Gasteiger partial charge in [0, 0.05) is 10.7 Å². The predicted octanol–water partition coefficient (Wildman–Crippen LogP) is 3.57. The zero-order valence-corrected chi connectivity index (χ0v) is 10.6. The van der Waals surface area contributed by atoms with E-state index in [4.69, 9.17) is 17.3 Å². The second-order valence-electron chi connectivity index (χ2n) is 4.27. The molecule has 18 heavy (non-hydrogen) atoms. The third-order valence-corrected chi connectivity index (χ3v) is 3.17. The molecule has 2 N–H and O–H groups in total. The van der Waals surface area contributed by atoms with Gasteiger partial charge in [0.2, 0.25) is 5.95 Å². The lowest BCUT2D eigenvalue weighted by Gasteiger charge is -2.06. The van der Waals surface area contributed by atoms with Crippen LogP contribution in [0.1, 0.15) is 5.56 Å². The van der Waals surface area contributed by atoms with Crippen LogP contribution in [-0.4, -0.2) is 9.55 Å². The van der Waals surface area contributed by atoms with Crippen molar-refractivity contribution in [2.24, 2.45) is 0 Å². The van der Waals surface area contributed by atoms with Crippen molar-refractivity contribution in [3.05, 3.63) is 53.1 Å². The van der Waals surface area contributed by atoms with E-state index in [-0.39, 0.29) is 0 Å². The molecule has 0 saturated carbocycles. The van der Waals surface area contributed by atoms with Gasteiger partial charge in [-0.25, -0.2) is 4.98 Å². The van der Waals surface area contributed by atoms with Crippen LogP contribution in [-0.2, 0) is 0 Å². The zero-order valence-electron chi connectivity index (χ0n) is 9.89. The Morgan fingerprint density at radius 3 is 2.56 bits per heavy atom. The second kappa shape index (κ2) is 4.03. The van der Waals surface area contributed by atoms with Crippen molar-refractivity contribution in [1.82, 2.24) is 9.55 Å². The average molecular weight is 258 g/mol. The van der Waals surface area contributed by atoms with Crippen LogP contribution in [0.2, 0.25) is 5.02 Å². The van der Waals surface area contributed by atoms with E-state index in [1.165, 1.54) is 5.56 Å². The van der Waals surface area contributed by atoms with Gasteiger partial charge in [0.1, 0.15) is 0 Å². The molecule has 90 valence electrons. The van der Waals surface area contributed by atoms with E-state index in [1.54, 1.807) is 0 Å². The monoisotopic (exact) mass is 257 g/mol. The average Bonchev–Trinajstić information content (AvgIpc) is 2.66. The molecule has 0 saturated heterocycles. The summed E-state index contributed by atoms with van der Waals surface area (Å²) in [5, 5.41) is 0.677. The molecule has 0 spiro atoms. The molecule has 2 aromatic carbocycles. The van der Waals surface area contributed by atoms with E-state index < -0.39 is 0 Å². The number of anilines is 1. The summed E-state index contributed by atoms with van der Waals surface area (Å²) in [6.07, 6.45) is 0. The summed E-state index contributed by atoms with van der Waals surface area (Å²) in [6, 6.07) is 13.7. The van der Waals surface area contributed by atoms with Gasteiger partial charge in [-0.2, -0.15) is 0 Å². The Hall–Kier alpha value is -2.00. The fraction of sp³-hybridized carbons (Fsp3) is 0.0714. The molecule has 0 aliphatic carbocycles. The third-order valence-electron chi connectivity index (χ3n) is 2.93. The van der Waals surface area contributed by atoms with Crippen LogP contribution in [0.5, 0.6) is 0 Å². The summed E-state index contributed by atoms with van der Waals surface area (Å²) >= 11 is 6.03. The minimum atomic E-state index is 0.469. The smallest absolute Gasteiger partial charge is 0.205 e. The van der Waals surface area contributed by atoms with Crippen molar-refractivity contribution in [1.29, 1.82) is 0 Å². The SMILES string of the molecule is Cc1ccc(-n2c(N)nc3ccc(Cl)cc32)cc1. The maximum absolute atomic E-state index is 6.03. The predicted molar refractivity (Wildman–Crippen MR) is 75.2 cm³/mol. The highest BCUT2D eigenvalue weighted by atomic mass is 35.5. The second-order valence-corrected chi connectivity index (χ2v) is 4.71. The summed E-state index contributed by atoms with van der Waals surface area (Å²) in [5.74, 6) is 0.469. The molecule has 1 heterocycles. The van der Waals surface area contributed by atoms with Gasteiger partial charge < -0.3 is 5.73 Å². The first kappa shape index (κ1) is 11.1. The number of fused-ring (bicyclic) bond motifs is 1. The van der Waals surface area contributed by atoms with E-state index in [2.05, 4.69) is 11.9 Å². The van der Waals surface area contributed by atoms with Crippen molar-refractivity contribution in [3.8, 4) is 5.69 Å². The summed E-state index contributed by atoms with van der Waals surface area (Å²) in [4.78, 5) is 4.34. The lowest BCUT2D eigenvalue weighted by atomic mass is 10.2. The Labute approximate surface area is 110 Å². The minimum Gasteiger partial charge on any atom is -0.369 e. The normalized spacial score (nSPS) is 11.0. The Morgan fingerprint density at radius 2 is 1.83 bits per heavy atom. The first-order valence-corrected chi connectivity index (χ1v) is 6.03. The maximum atomic E-state index is 6.03. The number of aryl methyl sites for hydroxylation is 1. The standard InChI is InChI=1S/C14H12ClN3/c1-9-2-5-11(6-3-9)18-13-8-10(15)4-7-12(13)17-14(18)16/h2-8H,1H3,(H2,16,17). The van der Waals surface area contributed by atoms with Gasteiger partial charge >= 0.3 is 0 Å². The lowest BCUT2D eigenvalue weighted by Crippen LogP contribution is -2.00. The zero-order chi connectivity index (χ0) is 12.7. The molecule has 3 nitrogen and oxygen atoms in total. The quantitative estimate of drug-likeness (QED) is 0.724. The van der Waals surface area contributed by atoms with Crippen molar-refractivity contribution >= 4 is 28.6 Å². The van der Waals surface area contributed by atoms with Crippen molar-refractivity contribution in [3.63, 3.8) is 0 Å². The first-order valence-electron chi connectivity index (χ1n) is 5.66. The van der Waals surface area contributed by atoms with Gasteiger partial charge in [-0.3, -0.25) is 4.57 Å². The summed E-state index contributed by atoms with van der Waals surface area (Å²) < 4.78 is 1.90. The largest absolute Gasteiger partial charge is 0.369 e. The summed E-state index contributed by atoms with van der Waals surface area (Å²) in [7, 11) is 0. The number of hydrogen-bond acceptors (Lipinski definition) is 2. The molecule has 3 rings (SSSR count). The highest BCUT2D eigenvalue weighted by Gasteiger charge is 2.09. The molecule has 0 fully saturated rings. The van der Waals surface area contributed by atoms with Crippen LogP contribution in [0.15, 0.2) is 42.5 Å². The Kier molecular flexibility index (Phi) is 2.49. The van der Waals surface area contributed by atoms with Gasteiger partial charge in [0.15, 0.2) is 0 Å².